The van der Waals surface area contributed by atoms with Crippen molar-refractivity contribution in [1.82, 2.24) is 20.1 Å². The van der Waals surface area contributed by atoms with Gasteiger partial charge in [0.2, 0.25) is 0 Å². The SMILES string of the molecule is C[C@H](NC(O)Nc1ccn(-c2ccc(C(C)(O)C(F)(F)F)nc2)n1)C1CC1. The number of anilines is 1. The minimum absolute atomic E-state index is 0.188. The summed E-state index contributed by atoms with van der Waals surface area (Å²) in [5, 5.41) is 29.7. The summed E-state index contributed by atoms with van der Waals surface area (Å²) in [5.74, 6) is 0.974. The molecular formula is C17H22F3N5O2. The number of pyridine rings is 1. The minimum Gasteiger partial charge on any atom is -0.375 e. The topological polar surface area (TPSA) is 95.2 Å². The molecule has 2 aromatic heterocycles. The van der Waals surface area contributed by atoms with Gasteiger partial charge in [-0.05, 0) is 44.7 Å². The molecule has 7 nitrogen and oxygen atoms in total. The number of rotatable bonds is 7. The van der Waals surface area contributed by atoms with Gasteiger partial charge < -0.3 is 15.5 Å². The van der Waals surface area contributed by atoms with Gasteiger partial charge in [0.15, 0.2) is 17.8 Å². The first-order valence-corrected chi connectivity index (χ1v) is 8.60. The van der Waals surface area contributed by atoms with E-state index in [-0.39, 0.29) is 6.04 Å². The lowest BCUT2D eigenvalue weighted by Crippen LogP contribution is -2.42. The van der Waals surface area contributed by atoms with Crippen LogP contribution in [0, 0.1) is 5.92 Å². The van der Waals surface area contributed by atoms with E-state index < -0.39 is 23.8 Å². The molecule has 3 atom stereocenters. The Labute approximate surface area is 154 Å². The third-order valence-corrected chi connectivity index (χ3v) is 4.69. The Morgan fingerprint density at radius 3 is 2.52 bits per heavy atom. The second-order valence-corrected chi connectivity index (χ2v) is 6.96. The van der Waals surface area contributed by atoms with Crippen molar-refractivity contribution in [3.05, 3.63) is 36.3 Å². The smallest absolute Gasteiger partial charge is 0.375 e. The van der Waals surface area contributed by atoms with Crippen LogP contribution in [0.15, 0.2) is 30.6 Å². The van der Waals surface area contributed by atoms with Crippen LogP contribution in [-0.2, 0) is 5.60 Å². The first-order chi connectivity index (χ1) is 12.6. The fourth-order valence-electron chi connectivity index (χ4n) is 2.66. The lowest BCUT2D eigenvalue weighted by atomic mass is 10.0. The molecule has 0 radical (unpaired) electrons. The Bertz CT molecular complexity index is 772. The minimum atomic E-state index is -4.83. The fraction of sp³-hybridized carbons (Fsp3) is 0.529. The van der Waals surface area contributed by atoms with Crippen LogP contribution in [0.1, 0.15) is 32.4 Å². The maximum Gasteiger partial charge on any atom is 0.422 e. The van der Waals surface area contributed by atoms with Gasteiger partial charge in [0.25, 0.3) is 0 Å². The van der Waals surface area contributed by atoms with Crippen molar-refractivity contribution < 1.29 is 23.4 Å². The quantitative estimate of drug-likeness (QED) is 0.546. The number of nitrogens with one attached hydrogen (secondary N) is 2. The molecule has 0 aromatic carbocycles. The van der Waals surface area contributed by atoms with Crippen molar-refractivity contribution in [2.24, 2.45) is 5.92 Å². The van der Waals surface area contributed by atoms with Crippen LogP contribution in [-0.4, -0.2) is 43.5 Å². The Balaban J connectivity index is 1.65. The number of halogens is 3. The van der Waals surface area contributed by atoms with E-state index in [9.17, 15) is 23.4 Å². The van der Waals surface area contributed by atoms with Crippen molar-refractivity contribution >= 4 is 5.82 Å². The molecule has 4 N–H and O–H groups in total. The largest absolute Gasteiger partial charge is 0.422 e. The monoisotopic (exact) mass is 385 g/mol. The molecule has 1 aliphatic rings. The van der Waals surface area contributed by atoms with Crippen LogP contribution in [0.5, 0.6) is 0 Å². The van der Waals surface area contributed by atoms with Gasteiger partial charge in [-0.15, -0.1) is 0 Å². The zero-order chi connectivity index (χ0) is 19.8. The van der Waals surface area contributed by atoms with Gasteiger partial charge in [0, 0.05) is 18.3 Å². The number of hydrogen-bond acceptors (Lipinski definition) is 6. The lowest BCUT2D eigenvalue weighted by Gasteiger charge is -2.25. The lowest BCUT2D eigenvalue weighted by molar-refractivity contribution is -0.260. The van der Waals surface area contributed by atoms with Crippen molar-refractivity contribution in [3.8, 4) is 5.69 Å². The summed E-state index contributed by atoms with van der Waals surface area (Å²) in [6.07, 6.45) is -0.718. The summed E-state index contributed by atoms with van der Waals surface area (Å²) < 4.78 is 40.0. The highest BCUT2D eigenvalue weighted by Gasteiger charge is 2.52. The predicted octanol–water partition coefficient (Wildman–Crippen LogP) is 2.11. The molecule has 148 valence electrons. The van der Waals surface area contributed by atoms with Crippen LogP contribution in [0.25, 0.3) is 5.69 Å². The van der Waals surface area contributed by atoms with Crippen LogP contribution in [0.4, 0.5) is 19.0 Å². The Morgan fingerprint density at radius 1 is 1.26 bits per heavy atom. The number of nitrogens with zero attached hydrogens (tertiary/aromatic N) is 3. The predicted molar refractivity (Wildman–Crippen MR) is 91.9 cm³/mol. The number of aliphatic hydroxyl groups excluding tert-OH is 1. The van der Waals surface area contributed by atoms with Gasteiger partial charge in [-0.1, -0.05) is 0 Å². The molecule has 0 amide bonds. The van der Waals surface area contributed by atoms with E-state index in [4.69, 9.17) is 0 Å². The Kier molecular flexibility index (Phi) is 5.15. The summed E-state index contributed by atoms with van der Waals surface area (Å²) in [5.41, 5.74) is -3.12. The summed E-state index contributed by atoms with van der Waals surface area (Å²) in [4.78, 5) is 3.72. The molecule has 2 heterocycles. The number of aliphatic hydroxyl groups is 2. The Hall–Kier alpha value is -2.17. The summed E-state index contributed by atoms with van der Waals surface area (Å²) in [6, 6.07) is 4.29. The summed E-state index contributed by atoms with van der Waals surface area (Å²) in [6.45, 7) is 2.66. The second kappa shape index (κ2) is 7.10. The van der Waals surface area contributed by atoms with E-state index in [0.29, 0.717) is 24.3 Å². The molecule has 0 spiro atoms. The van der Waals surface area contributed by atoms with Crippen LogP contribution in [0.2, 0.25) is 0 Å². The van der Waals surface area contributed by atoms with Crippen molar-refractivity contribution in [3.63, 3.8) is 0 Å². The van der Waals surface area contributed by atoms with Crippen LogP contribution in [0.3, 0.4) is 0 Å². The van der Waals surface area contributed by atoms with E-state index >= 15 is 0 Å². The molecule has 0 aliphatic heterocycles. The van der Waals surface area contributed by atoms with E-state index in [1.807, 2.05) is 6.92 Å². The molecule has 3 rings (SSSR count). The standard InChI is InChI=1S/C17H22F3N5O2/c1-10(11-3-4-11)22-15(26)23-14-7-8-25(24-14)12-5-6-13(21-9-12)16(2,27)17(18,19)20/h5-11,15,22,26-27H,3-4H2,1-2H3,(H,23,24)/t10-,15?,16?/m0/s1. The highest BCUT2D eigenvalue weighted by molar-refractivity contribution is 5.38. The highest BCUT2D eigenvalue weighted by atomic mass is 19.4. The molecule has 1 aliphatic carbocycles. The van der Waals surface area contributed by atoms with E-state index in [1.54, 1.807) is 12.3 Å². The van der Waals surface area contributed by atoms with Gasteiger partial charge in [-0.25, -0.2) is 4.68 Å². The molecule has 10 heteroatoms. The maximum absolute atomic E-state index is 12.9. The maximum atomic E-state index is 12.9. The van der Waals surface area contributed by atoms with Gasteiger partial charge in [0.05, 0.1) is 17.6 Å². The molecular weight excluding hydrogens is 363 g/mol. The molecule has 2 unspecified atom stereocenters. The van der Waals surface area contributed by atoms with E-state index in [2.05, 4.69) is 20.7 Å². The number of alkyl halides is 3. The van der Waals surface area contributed by atoms with Crippen molar-refractivity contribution in [2.75, 3.05) is 5.32 Å². The van der Waals surface area contributed by atoms with E-state index in [0.717, 1.165) is 18.9 Å². The van der Waals surface area contributed by atoms with Crippen LogP contribution < -0.4 is 10.6 Å². The fourth-order valence-corrected chi connectivity index (χ4v) is 2.66. The van der Waals surface area contributed by atoms with Crippen molar-refractivity contribution in [1.29, 1.82) is 0 Å². The average Bonchev–Trinajstić information content (AvgIpc) is 3.34. The van der Waals surface area contributed by atoms with Gasteiger partial charge >= 0.3 is 6.18 Å². The molecule has 0 saturated heterocycles. The molecule has 0 bridgehead atoms. The first kappa shape index (κ1) is 19.6. The Morgan fingerprint density at radius 2 is 1.96 bits per heavy atom. The third-order valence-electron chi connectivity index (χ3n) is 4.69. The normalized spacial score (nSPS) is 19.4. The number of hydrogen-bond donors (Lipinski definition) is 4. The van der Waals surface area contributed by atoms with Gasteiger partial charge in [0.1, 0.15) is 0 Å². The summed E-state index contributed by atoms with van der Waals surface area (Å²) >= 11 is 0. The van der Waals surface area contributed by atoms with Gasteiger partial charge in [-0.3, -0.25) is 10.3 Å². The molecule has 1 saturated carbocycles. The zero-order valence-electron chi connectivity index (χ0n) is 14.9. The summed E-state index contributed by atoms with van der Waals surface area (Å²) in [7, 11) is 0. The third kappa shape index (κ3) is 4.40. The first-order valence-electron chi connectivity index (χ1n) is 8.60. The van der Waals surface area contributed by atoms with Crippen LogP contribution >= 0.6 is 0 Å². The molecule has 2 aromatic rings. The van der Waals surface area contributed by atoms with Crippen molar-refractivity contribution in [2.45, 2.75) is 50.9 Å². The second-order valence-electron chi connectivity index (χ2n) is 6.96. The molecule has 27 heavy (non-hydrogen) atoms. The average molecular weight is 385 g/mol. The van der Waals surface area contributed by atoms with Gasteiger partial charge in [-0.2, -0.15) is 18.3 Å². The highest BCUT2D eigenvalue weighted by Crippen LogP contribution is 2.37. The number of aromatic nitrogens is 3. The van der Waals surface area contributed by atoms with E-state index in [1.165, 1.54) is 16.9 Å². The molecule has 1 fully saturated rings. The zero-order valence-corrected chi connectivity index (χ0v) is 14.9.